The van der Waals surface area contributed by atoms with Crippen LogP contribution in [0.3, 0.4) is 0 Å². The largest absolute Gasteiger partial charge is 0.441 e. The fourth-order valence-corrected chi connectivity index (χ4v) is 5.93. The Morgan fingerprint density at radius 3 is 1.49 bits per heavy atom. The number of benzene rings is 2. The van der Waals surface area contributed by atoms with E-state index >= 15 is 8.78 Å². The molecule has 6 aromatic rings. The summed E-state index contributed by atoms with van der Waals surface area (Å²) in [6.45, 7) is 0.268. The van der Waals surface area contributed by atoms with Gasteiger partial charge >= 0.3 is 12.2 Å². The number of hydrogen-bond acceptors (Lipinski definition) is 13. The molecule has 2 aliphatic rings. The third-order valence-corrected chi connectivity index (χ3v) is 8.51. The Bertz CT molecular complexity index is 2160. The van der Waals surface area contributed by atoms with Crippen LogP contribution in [0.15, 0.2) is 73.1 Å². The van der Waals surface area contributed by atoms with Crippen LogP contribution < -0.4 is 9.80 Å². The quantitative estimate of drug-likeness (QED) is 0.199. The van der Waals surface area contributed by atoms with Crippen LogP contribution in [0.5, 0.6) is 0 Å². The van der Waals surface area contributed by atoms with E-state index in [9.17, 15) is 9.59 Å². The van der Waals surface area contributed by atoms with E-state index in [1.807, 2.05) is 0 Å². The molecule has 8 rings (SSSR count). The first-order valence-corrected chi connectivity index (χ1v) is 16.2. The van der Waals surface area contributed by atoms with Gasteiger partial charge in [-0.2, -0.15) is 9.59 Å². The van der Waals surface area contributed by atoms with Gasteiger partial charge in [0.1, 0.15) is 35.2 Å². The van der Waals surface area contributed by atoms with Gasteiger partial charge in [-0.15, -0.1) is 20.4 Å². The highest BCUT2D eigenvalue weighted by molar-refractivity contribution is 5.91. The number of carbonyl (C=O) groups excluding carboxylic acids is 2. The summed E-state index contributed by atoms with van der Waals surface area (Å²) in [7, 11) is 3.29. The molecule has 0 aliphatic carbocycles. The van der Waals surface area contributed by atoms with Gasteiger partial charge in [-0.05, 0) is 59.0 Å². The highest BCUT2D eigenvalue weighted by Gasteiger charge is 2.36. The Morgan fingerprint density at radius 1 is 0.679 bits per heavy atom. The maximum Gasteiger partial charge on any atom is 0.414 e. The highest BCUT2D eigenvalue weighted by atomic mass is 19.1. The van der Waals surface area contributed by atoms with E-state index in [1.54, 1.807) is 62.6 Å². The van der Waals surface area contributed by atoms with Gasteiger partial charge in [-0.25, -0.2) is 18.4 Å². The minimum atomic E-state index is -0.647. The monoisotopic (exact) mass is 722 g/mol. The maximum atomic E-state index is 15.2. The predicted molar refractivity (Wildman–Crippen MR) is 181 cm³/mol. The molecule has 53 heavy (non-hydrogen) atoms. The zero-order chi connectivity index (χ0) is 36.6. The minimum absolute atomic E-state index is 0.0125. The molecule has 2 aromatic carbocycles. The van der Waals surface area contributed by atoms with Crippen molar-refractivity contribution >= 4 is 23.6 Å². The maximum absolute atomic E-state index is 15.2. The van der Waals surface area contributed by atoms with Crippen molar-refractivity contribution in [2.75, 3.05) is 36.1 Å². The number of halogens is 2. The number of pyridine rings is 2. The average Bonchev–Trinajstić information content (AvgIpc) is 3.96. The summed E-state index contributed by atoms with van der Waals surface area (Å²) >= 11 is 0. The molecular weight excluding hydrogens is 694 g/mol. The van der Waals surface area contributed by atoms with Crippen LogP contribution in [0.2, 0.25) is 0 Å². The zero-order valence-electron chi connectivity index (χ0n) is 28.1. The first-order valence-electron chi connectivity index (χ1n) is 16.2. The van der Waals surface area contributed by atoms with Crippen LogP contribution >= 0.6 is 0 Å². The molecule has 2 saturated heterocycles. The van der Waals surface area contributed by atoms with E-state index in [-0.39, 0.29) is 26.3 Å². The lowest BCUT2D eigenvalue weighted by Gasteiger charge is -2.15. The van der Waals surface area contributed by atoms with E-state index in [0.29, 0.717) is 56.7 Å². The van der Waals surface area contributed by atoms with Crippen molar-refractivity contribution in [3.05, 3.63) is 84.7 Å². The van der Waals surface area contributed by atoms with Crippen molar-refractivity contribution in [1.29, 1.82) is 0 Å². The van der Waals surface area contributed by atoms with Gasteiger partial charge in [0.05, 0.1) is 51.8 Å². The van der Waals surface area contributed by atoms with Crippen LogP contribution in [0.1, 0.15) is 0 Å². The van der Waals surface area contributed by atoms with Crippen molar-refractivity contribution < 1.29 is 32.6 Å². The third kappa shape index (κ3) is 6.84. The van der Waals surface area contributed by atoms with E-state index < -0.39 is 36.0 Å². The summed E-state index contributed by atoms with van der Waals surface area (Å²) in [5.41, 5.74) is 3.28. The molecule has 6 heterocycles. The number of aryl methyl sites for hydroxylation is 2. The number of nitrogens with zero attached hydrogens (tertiary/aromatic N) is 12. The van der Waals surface area contributed by atoms with Gasteiger partial charge in [0.25, 0.3) is 0 Å². The number of aromatic nitrogens is 10. The molecule has 4 aromatic heterocycles. The molecule has 0 N–H and O–H groups in total. The summed E-state index contributed by atoms with van der Waals surface area (Å²) < 4.78 is 47.1. The molecule has 2 amide bonds. The van der Waals surface area contributed by atoms with Crippen molar-refractivity contribution in [3.8, 4) is 45.3 Å². The first kappa shape index (κ1) is 33.4. The molecule has 0 bridgehead atoms. The van der Waals surface area contributed by atoms with Crippen LogP contribution in [0.25, 0.3) is 45.3 Å². The van der Waals surface area contributed by atoms with Crippen LogP contribution in [-0.4, -0.2) is 101 Å². The molecule has 19 heteroatoms. The average molecular weight is 723 g/mol. The Labute approximate surface area is 298 Å². The predicted octanol–water partition coefficient (Wildman–Crippen LogP) is 3.84. The number of tetrazole rings is 2. The van der Waals surface area contributed by atoms with Crippen molar-refractivity contribution in [3.63, 3.8) is 0 Å². The normalized spacial score (nSPS) is 17.1. The lowest BCUT2D eigenvalue weighted by atomic mass is 10.1. The summed E-state index contributed by atoms with van der Waals surface area (Å²) in [4.78, 5) is 39.3. The third-order valence-electron chi connectivity index (χ3n) is 8.51. The molecule has 0 radical (unpaired) electrons. The summed E-state index contributed by atoms with van der Waals surface area (Å²) in [5.74, 6) is -0.400. The van der Waals surface area contributed by atoms with Crippen LogP contribution in [0.4, 0.5) is 29.7 Å². The number of ether oxygens (including phenoxy) is 3. The summed E-state index contributed by atoms with van der Waals surface area (Å²) in [6, 6.07) is 15.6. The molecule has 268 valence electrons. The topological polar surface area (TPSA) is 181 Å². The molecule has 0 unspecified atom stereocenters. The second kappa shape index (κ2) is 13.8. The number of anilines is 2. The molecule has 0 spiro atoms. The van der Waals surface area contributed by atoms with E-state index in [2.05, 4.69) is 40.8 Å². The van der Waals surface area contributed by atoms with Crippen molar-refractivity contribution in [1.82, 2.24) is 50.4 Å². The Hall–Kier alpha value is -6.76. The smallest absolute Gasteiger partial charge is 0.414 e. The Kier molecular flexibility index (Phi) is 8.66. The Morgan fingerprint density at radius 2 is 1.13 bits per heavy atom. The minimum Gasteiger partial charge on any atom is -0.441 e. The number of rotatable bonds is 10. The standard InChI is InChI=1S/C34H28F2N12O5/c1-45-41-31(39-43-45)29-9-3-19(13-37-29)25-7-5-21(11-27(25)35)47-15-23(52-33(47)49)17-51-18-24-16-48(34(50)53-24)22-6-8-26(28(36)12-22)20-4-10-30(38-14-20)32-40-44-46(2)42-32/h3-14,23-24H,15-18H2,1-2H3/t23-,24+. The second-order valence-corrected chi connectivity index (χ2v) is 12.2. The van der Waals surface area contributed by atoms with Gasteiger partial charge in [0.2, 0.25) is 11.6 Å². The van der Waals surface area contributed by atoms with Gasteiger partial charge < -0.3 is 14.2 Å². The lowest BCUT2D eigenvalue weighted by Crippen LogP contribution is -2.28. The molecular formula is C34H28F2N12O5. The summed E-state index contributed by atoms with van der Waals surface area (Å²) in [6.07, 6.45) is 0.434. The number of carbonyl (C=O) groups is 2. The van der Waals surface area contributed by atoms with Gasteiger partial charge in [-0.1, -0.05) is 12.1 Å². The molecule has 17 nitrogen and oxygen atoms in total. The van der Waals surface area contributed by atoms with Crippen LogP contribution in [-0.2, 0) is 28.3 Å². The Balaban J connectivity index is 0.835. The van der Waals surface area contributed by atoms with Gasteiger partial charge in [-0.3, -0.25) is 19.8 Å². The van der Waals surface area contributed by atoms with Crippen molar-refractivity contribution in [2.24, 2.45) is 14.1 Å². The highest BCUT2D eigenvalue weighted by Crippen LogP contribution is 2.31. The number of amides is 2. The fourth-order valence-electron chi connectivity index (χ4n) is 5.93. The molecule has 0 saturated carbocycles. The zero-order valence-corrected chi connectivity index (χ0v) is 28.1. The van der Waals surface area contributed by atoms with E-state index in [1.165, 1.54) is 43.9 Å². The van der Waals surface area contributed by atoms with Gasteiger partial charge in [0.15, 0.2) is 0 Å². The van der Waals surface area contributed by atoms with E-state index in [0.717, 1.165) is 0 Å². The molecule has 2 atom stereocenters. The second-order valence-electron chi connectivity index (χ2n) is 12.2. The SMILES string of the molecule is Cn1nnc(-c2ccc(-c3ccc(N4C[C@@H](COC[C@H]5CN(c6ccc(-c7ccc(-c8nnn(C)n8)nc7)c(F)c6)C(=O)O5)OC4=O)cc3F)cn2)n1. The van der Waals surface area contributed by atoms with Crippen LogP contribution in [0, 0.1) is 11.6 Å². The summed E-state index contributed by atoms with van der Waals surface area (Å²) in [5, 5.41) is 23.6. The number of cyclic esters (lactones) is 2. The van der Waals surface area contributed by atoms with E-state index in [4.69, 9.17) is 14.2 Å². The van der Waals surface area contributed by atoms with Gasteiger partial charge in [0, 0.05) is 34.6 Å². The van der Waals surface area contributed by atoms with Crippen molar-refractivity contribution in [2.45, 2.75) is 12.2 Å². The molecule has 2 aliphatic heterocycles. The first-order chi connectivity index (χ1) is 25.7. The number of hydrogen-bond donors (Lipinski definition) is 0. The molecule has 2 fully saturated rings. The fraction of sp³-hybridized carbons (Fsp3) is 0.235. The lowest BCUT2D eigenvalue weighted by molar-refractivity contribution is 0.00764.